The normalized spacial score (nSPS) is 10.5. The minimum absolute atomic E-state index is 0.476. The molecule has 3 aromatic rings. The monoisotopic (exact) mass is 442 g/mol. The lowest BCUT2D eigenvalue weighted by Gasteiger charge is -2.17. The van der Waals surface area contributed by atoms with Gasteiger partial charge in [0.2, 0.25) is 5.88 Å². The Morgan fingerprint density at radius 2 is 1.79 bits per heavy atom. The number of hydrogen-bond donors (Lipinski definition) is 1. The fourth-order valence-corrected chi connectivity index (χ4v) is 3.12. The number of aromatic nitrogens is 1. The second kappa shape index (κ2) is 10.7. The average Bonchev–Trinajstić information content (AvgIpc) is 2.74. The van der Waals surface area contributed by atoms with Crippen molar-refractivity contribution in [2.75, 3.05) is 20.3 Å². The number of methoxy groups -OCH3 is 1. The maximum atomic E-state index is 6.12. The molecule has 0 atom stereocenters. The lowest BCUT2D eigenvalue weighted by atomic mass is 10.1. The lowest BCUT2D eigenvalue weighted by molar-refractivity contribution is 0.278. The minimum Gasteiger partial charge on any atom is -0.493 e. The second-order valence-corrected chi connectivity index (χ2v) is 6.88. The number of benzene rings is 2. The molecule has 1 heterocycles. The van der Waals surface area contributed by atoms with Crippen LogP contribution in [-0.2, 0) is 13.2 Å². The molecule has 0 radical (unpaired) electrons. The molecule has 28 heavy (non-hydrogen) atoms. The first-order valence-corrected chi connectivity index (χ1v) is 9.84. The standard InChI is InChI=1S/C22H23BrN2O3/c1-26-20-11-10-19(23)18(22(20)28-16-17-7-3-2-4-8-17)15-24-13-14-27-21-9-5-6-12-25-21/h2-12,24H,13-16H2,1H3. The van der Waals surface area contributed by atoms with Gasteiger partial charge in [0.1, 0.15) is 13.2 Å². The molecule has 1 aromatic heterocycles. The zero-order chi connectivity index (χ0) is 19.6. The van der Waals surface area contributed by atoms with Crippen molar-refractivity contribution in [1.82, 2.24) is 10.3 Å². The summed E-state index contributed by atoms with van der Waals surface area (Å²) in [6.07, 6.45) is 1.71. The van der Waals surface area contributed by atoms with Crippen LogP contribution < -0.4 is 19.5 Å². The molecule has 146 valence electrons. The number of nitrogens with zero attached hydrogens (tertiary/aromatic N) is 1. The van der Waals surface area contributed by atoms with Gasteiger partial charge in [0.05, 0.1) is 7.11 Å². The van der Waals surface area contributed by atoms with Crippen LogP contribution in [0.3, 0.4) is 0 Å². The third-order valence-electron chi connectivity index (χ3n) is 4.08. The van der Waals surface area contributed by atoms with E-state index in [4.69, 9.17) is 14.2 Å². The molecule has 5 nitrogen and oxygen atoms in total. The van der Waals surface area contributed by atoms with Crippen LogP contribution in [0.2, 0.25) is 0 Å². The van der Waals surface area contributed by atoms with Crippen molar-refractivity contribution >= 4 is 15.9 Å². The second-order valence-electron chi connectivity index (χ2n) is 6.02. The number of halogens is 1. The van der Waals surface area contributed by atoms with Crippen LogP contribution >= 0.6 is 15.9 Å². The number of nitrogens with one attached hydrogen (secondary N) is 1. The Morgan fingerprint density at radius 3 is 2.54 bits per heavy atom. The topological polar surface area (TPSA) is 52.6 Å². The summed E-state index contributed by atoms with van der Waals surface area (Å²) in [5.41, 5.74) is 2.11. The Labute approximate surface area is 173 Å². The van der Waals surface area contributed by atoms with Gasteiger partial charge < -0.3 is 19.5 Å². The fourth-order valence-electron chi connectivity index (χ4n) is 2.67. The van der Waals surface area contributed by atoms with Crippen molar-refractivity contribution in [3.8, 4) is 17.4 Å². The Balaban J connectivity index is 1.60. The van der Waals surface area contributed by atoms with Crippen molar-refractivity contribution < 1.29 is 14.2 Å². The zero-order valence-corrected chi connectivity index (χ0v) is 17.3. The SMILES string of the molecule is COc1ccc(Br)c(CNCCOc2ccccn2)c1OCc1ccccc1. The van der Waals surface area contributed by atoms with E-state index in [2.05, 4.69) is 26.2 Å². The predicted molar refractivity (Wildman–Crippen MR) is 113 cm³/mol. The van der Waals surface area contributed by atoms with Crippen LogP contribution in [0.1, 0.15) is 11.1 Å². The van der Waals surface area contributed by atoms with E-state index in [9.17, 15) is 0 Å². The Hall–Kier alpha value is -2.57. The molecule has 0 aliphatic rings. The first-order chi connectivity index (χ1) is 13.8. The first kappa shape index (κ1) is 20.2. The lowest BCUT2D eigenvalue weighted by Crippen LogP contribution is -2.21. The van der Waals surface area contributed by atoms with Crippen LogP contribution in [0.5, 0.6) is 17.4 Å². The average molecular weight is 443 g/mol. The molecular formula is C22H23BrN2O3. The number of pyridine rings is 1. The number of ether oxygens (including phenoxy) is 3. The van der Waals surface area contributed by atoms with Crippen molar-refractivity contribution in [2.45, 2.75) is 13.2 Å². The highest BCUT2D eigenvalue weighted by atomic mass is 79.9. The molecule has 0 fully saturated rings. The van der Waals surface area contributed by atoms with Gasteiger partial charge in [-0.3, -0.25) is 0 Å². The third kappa shape index (κ3) is 5.71. The fraction of sp³-hybridized carbons (Fsp3) is 0.227. The first-order valence-electron chi connectivity index (χ1n) is 9.04. The van der Waals surface area contributed by atoms with Crippen molar-refractivity contribution in [1.29, 1.82) is 0 Å². The van der Waals surface area contributed by atoms with Crippen molar-refractivity contribution in [3.05, 3.63) is 82.5 Å². The highest BCUT2D eigenvalue weighted by molar-refractivity contribution is 9.10. The van der Waals surface area contributed by atoms with Crippen LogP contribution in [0.15, 0.2) is 71.3 Å². The van der Waals surface area contributed by atoms with Crippen LogP contribution in [0.25, 0.3) is 0 Å². The molecule has 0 unspecified atom stereocenters. The van der Waals surface area contributed by atoms with E-state index in [0.717, 1.165) is 21.3 Å². The van der Waals surface area contributed by atoms with Crippen LogP contribution in [-0.4, -0.2) is 25.2 Å². The van der Waals surface area contributed by atoms with E-state index in [1.165, 1.54) is 0 Å². The van der Waals surface area contributed by atoms with Gasteiger partial charge in [-0.15, -0.1) is 0 Å². The molecule has 0 aliphatic carbocycles. The molecule has 2 aromatic carbocycles. The third-order valence-corrected chi connectivity index (χ3v) is 4.82. The van der Waals surface area contributed by atoms with E-state index >= 15 is 0 Å². The Bertz CT molecular complexity index is 860. The molecule has 0 saturated heterocycles. The van der Waals surface area contributed by atoms with Crippen molar-refractivity contribution in [3.63, 3.8) is 0 Å². The molecule has 0 amide bonds. The molecule has 0 bridgehead atoms. The van der Waals surface area contributed by atoms with Crippen LogP contribution in [0, 0.1) is 0 Å². The van der Waals surface area contributed by atoms with Crippen LogP contribution in [0.4, 0.5) is 0 Å². The quantitative estimate of drug-likeness (QED) is 0.465. The summed E-state index contributed by atoms with van der Waals surface area (Å²) in [7, 11) is 1.65. The van der Waals surface area contributed by atoms with Gasteiger partial charge in [-0.2, -0.15) is 0 Å². The van der Waals surface area contributed by atoms with Gasteiger partial charge in [0.15, 0.2) is 11.5 Å². The molecule has 0 spiro atoms. The van der Waals surface area contributed by atoms with Gasteiger partial charge >= 0.3 is 0 Å². The molecule has 6 heteroatoms. The van der Waals surface area contributed by atoms with Gasteiger partial charge in [0.25, 0.3) is 0 Å². The van der Waals surface area contributed by atoms with E-state index in [0.29, 0.717) is 37.9 Å². The number of hydrogen-bond acceptors (Lipinski definition) is 5. The smallest absolute Gasteiger partial charge is 0.213 e. The van der Waals surface area contributed by atoms with E-state index in [1.54, 1.807) is 13.3 Å². The largest absolute Gasteiger partial charge is 0.493 e. The summed E-state index contributed by atoms with van der Waals surface area (Å²) >= 11 is 3.63. The van der Waals surface area contributed by atoms with Gasteiger partial charge in [-0.1, -0.05) is 52.3 Å². The molecule has 1 N–H and O–H groups in total. The van der Waals surface area contributed by atoms with Gasteiger partial charge in [-0.25, -0.2) is 4.98 Å². The minimum atomic E-state index is 0.476. The van der Waals surface area contributed by atoms with E-state index in [-0.39, 0.29) is 0 Å². The summed E-state index contributed by atoms with van der Waals surface area (Å²) in [6.45, 7) is 2.30. The van der Waals surface area contributed by atoms with Gasteiger partial charge in [0, 0.05) is 35.4 Å². The molecule has 0 saturated carbocycles. The summed E-state index contributed by atoms with van der Waals surface area (Å²) < 4.78 is 18.2. The maximum absolute atomic E-state index is 6.12. The molecule has 0 aliphatic heterocycles. The summed E-state index contributed by atoms with van der Waals surface area (Å²) in [4.78, 5) is 4.14. The van der Waals surface area contributed by atoms with E-state index < -0.39 is 0 Å². The highest BCUT2D eigenvalue weighted by Crippen LogP contribution is 2.36. The summed E-state index contributed by atoms with van der Waals surface area (Å²) in [5.74, 6) is 2.07. The Morgan fingerprint density at radius 1 is 0.964 bits per heavy atom. The maximum Gasteiger partial charge on any atom is 0.213 e. The Kier molecular flexibility index (Phi) is 7.70. The summed E-state index contributed by atoms with van der Waals surface area (Å²) in [6, 6.07) is 19.5. The zero-order valence-electron chi connectivity index (χ0n) is 15.7. The van der Waals surface area contributed by atoms with E-state index in [1.807, 2.05) is 60.7 Å². The highest BCUT2D eigenvalue weighted by Gasteiger charge is 2.14. The molecule has 3 rings (SSSR count). The predicted octanol–water partition coefficient (Wildman–Crippen LogP) is 4.60. The molecular weight excluding hydrogens is 420 g/mol. The number of rotatable bonds is 10. The van der Waals surface area contributed by atoms with Gasteiger partial charge in [-0.05, 0) is 23.8 Å². The van der Waals surface area contributed by atoms with Crippen molar-refractivity contribution in [2.24, 2.45) is 0 Å². The summed E-state index contributed by atoms with van der Waals surface area (Å²) in [5, 5.41) is 3.38.